The van der Waals surface area contributed by atoms with Gasteiger partial charge in [-0.3, -0.25) is 19.2 Å². The molecule has 9 heteroatoms. The van der Waals surface area contributed by atoms with Crippen LogP contribution < -0.4 is 10.6 Å². The smallest absolute Gasteiger partial charge is 0.248 e. The van der Waals surface area contributed by atoms with Crippen LogP contribution in [-0.4, -0.2) is 70.7 Å². The zero-order chi connectivity index (χ0) is 20.1. The van der Waals surface area contributed by atoms with Crippen molar-refractivity contribution in [2.45, 2.75) is 56.3 Å². The Hall–Kier alpha value is -2.42. The van der Waals surface area contributed by atoms with Crippen LogP contribution in [0.5, 0.6) is 0 Å². The predicted molar refractivity (Wildman–Crippen MR) is 105 cm³/mol. The Morgan fingerprint density at radius 2 is 2.07 bits per heavy atom. The fourth-order valence-corrected chi connectivity index (χ4v) is 5.43. The third kappa shape index (κ3) is 3.41. The Kier molecular flexibility index (Phi) is 4.57. The topological polar surface area (TPSA) is 98.8 Å². The summed E-state index contributed by atoms with van der Waals surface area (Å²) in [4.78, 5) is 55.3. The molecule has 5 rings (SSSR count). The van der Waals surface area contributed by atoms with Crippen LogP contribution in [0.25, 0.3) is 0 Å². The van der Waals surface area contributed by atoms with E-state index in [4.69, 9.17) is 0 Å². The number of likely N-dealkylation sites (tertiary alicyclic amines) is 1. The molecule has 3 aliphatic heterocycles. The molecule has 0 spiro atoms. The number of hydrogen-bond donors (Lipinski definition) is 2. The third-order valence-electron chi connectivity index (χ3n) is 6.39. The van der Waals surface area contributed by atoms with Crippen molar-refractivity contribution in [3.63, 3.8) is 0 Å². The maximum absolute atomic E-state index is 13.4. The summed E-state index contributed by atoms with van der Waals surface area (Å²) >= 11 is 1.52. The van der Waals surface area contributed by atoms with Gasteiger partial charge in [0.15, 0.2) is 0 Å². The van der Waals surface area contributed by atoms with Crippen LogP contribution in [0.3, 0.4) is 0 Å². The van der Waals surface area contributed by atoms with Crippen LogP contribution in [-0.2, 0) is 25.6 Å². The second-order valence-electron chi connectivity index (χ2n) is 8.41. The van der Waals surface area contributed by atoms with Gasteiger partial charge in [-0.05, 0) is 37.1 Å². The number of nitrogens with one attached hydrogen (secondary N) is 2. The minimum atomic E-state index is -0.658. The van der Waals surface area contributed by atoms with E-state index in [1.165, 1.54) is 11.3 Å². The average Bonchev–Trinajstić information content (AvgIpc) is 3.10. The predicted octanol–water partition coefficient (Wildman–Crippen LogP) is -0.114. The van der Waals surface area contributed by atoms with E-state index in [1.807, 2.05) is 17.5 Å². The maximum Gasteiger partial charge on any atom is 0.248 e. The van der Waals surface area contributed by atoms with Crippen LogP contribution in [0, 0.1) is 5.92 Å². The summed E-state index contributed by atoms with van der Waals surface area (Å²) in [7, 11) is 0. The van der Waals surface area contributed by atoms with Gasteiger partial charge in [0.2, 0.25) is 23.6 Å². The van der Waals surface area contributed by atoms with E-state index >= 15 is 0 Å². The van der Waals surface area contributed by atoms with Gasteiger partial charge < -0.3 is 20.4 Å². The summed E-state index contributed by atoms with van der Waals surface area (Å²) in [5, 5.41) is 7.91. The highest BCUT2D eigenvalue weighted by atomic mass is 32.1. The number of thiophene rings is 1. The van der Waals surface area contributed by atoms with Crippen LogP contribution in [0.15, 0.2) is 17.5 Å². The summed E-state index contributed by atoms with van der Waals surface area (Å²) in [5.41, 5.74) is 0. The lowest BCUT2D eigenvalue weighted by atomic mass is 10.1. The van der Waals surface area contributed by atoms with Crippen molar-refractivity contribution in [3.05, 3.63) is 22.4 Å². The Morgan fingerprint density at radius 3 is 2.79 bits per heavy atom. The Morgan fingerprint density at radius 1 is 1.24 bits per heavy atom. The SMILES string of the molecule is O=C(N[C@H]1C[C@@H]2C(=O)N[C@@H]3CCN(C(=O)Cc4cccs4)[C@@H]3C(=O)N2C1)C1CC1. The first-order valence-electron chi connectivity index (χ1n) is 10.2. The van der Waals surface area contributed by atoms with Crippen LogP contribution in [0.1, 0.15) is 30.6 Å². The third-order valence-corrected chi connectivity index (χ3v) is 7.26. The fraction of sp³-hybridized carbons (Fsp3) is 0.600. The minimum absolute atomic E-state index is 0.0204. The molecular formula is C20H24N4O4S. The summed E-state index contributed by atoms with van der Waals surface area (Å²) < 4.78 is 0. The molecule has 1 aliphatic carbocycles. The molecule has 0 aromatic carbocycles. The first kappa shape index (κ1) is 18.6. The second kappa shape index (κ2) is 7.12. The van der Waals surface area contributed by atoms with Crippen molar-refractivity contribution in [1.29, 1.82) is 0 Å². The molecule has 4 aliphatic rings. The van der Waals surface area contributed by atoms with Gasteiger partial charge in [-0.15, -0.1) is 11.3 Å². The molecule has 1 saturated carbocycles. The number of hydrogen-bond acceptors (Lipinski definition) is 5. The normalized spacial score (nSPS) is 31.2. The van der Waals surface area contributed by atoms with E-state index in [1.54, 1.807) is 9.80 Å². The van der Waals surface area contributed by atoms with Crippen LogP contribution >= 0.6 is 11.3 Å². The van der Waals surface area contributed by atoms with Crippen molar-refractivity contribution in [2.24, 2.45) is 5.92 Å². The largest absolute Gasteiger partial charge is 0.351 e. The standard InChI is InChI=1S/C20H24N4O4S/c25-16(9-13-2-1-7-29-13)23-6-5-14-17(23)20(28)24-10-12(8-15(24)19(27)22-14)21-18(26)11-3-4-11/h1-2,7,11-12,14-15,17H,3-6,8-10H2,(H,21,26)(H,22,27)/t12-,14+,15+,17-/m0/s1. The molecule has 4 atom stereocenters. The van der Waals surface area contributed by atoms with E-state index in [0.29, 0.717) is 25.9 Å². The molecular weight excluding hydrogens is 392 g/mol. The highest BCUT2D eigenvalue weighted by Gasteiger charge is 2.52. The van der Waals surface area contributed by atoms with E-state index in [0.717, 1.165) is 17.7 Å². The molecule has 2 N–H and O–H groups in total. The molecule has 8 nitrogen and oxygen atoms in total. The summed E-state index contributed by atoms with van der Waals surface area (Å²) in [5.74, 6) is -0.338. The molecule has 4 heterocycles. The lowest BCUT2D eigenvalue weighted by molar-refractivity contribution is -0.144. The van der Waals surface area contributed by atoms with E-state index in [-0.39, 0.29) is 48.1 Å². The average molecular weight is 417 g/mol. The van der Waals surface area contributed by atoms with E-state index < -0.39 is 12.1 Å². The zero-order valence-electron chi connectivity index (χ0n) is 16.0. The number of carbonyl (C=O) groups is 4. The summed E-state index contributed by atoms with van der Waals surface area (Å²) in [6.07, 6.45) is 3.11. The molecule has 1 aromatic heterocycles. The Bertz CT molecular complexity index is 853. The maximum atomic E-state index is 13.4. The number of nitrogens with zero attached hydrogens (tertiary/aromatic N) is 2. The summed E-state index contributed by atoms with van der Waals surface area (Å²) in [6, 6.07) is 2.03. The van der Waals surface area contributed by atoms with Crippen LogP contribution in [0.2, 0.25) is 0 Å². The molecule has 0 unspecified atom stereocenters. The second-order valence-corrected chi connectivity index (χ2v) is 9.45. The zero-order valence-corrected chi connectivity index (χ0v) is 16.8. The highest BCUT2D eigenvalue weighted by Crippen LogP contribution is 2.32. The lowest BCUT2D eigenvalue weighted by Crippen LogP contribution is -2.53. The van der Waals surface area contributed by atoms with Gasteiger partial charge in [0.1, 0.15) is 12.1 Å². The molecule has 4 fully saturated rings. The molecule has 154 valence electrons. The Labute approximate surface area is 172 Å². The van der Waals surface area contributed by atoms with Crippen molar-refractivity contribution in [3.8, 4) is 0 Å². The van der Waals surface area contributed by atoms with Gasteiger partial charge in [0.25, 0.3) is 0 Å². The Balaban J connectivity index is 1.32. The first-order valence-corrected chi connectivity index (χ1v) is 11.1. The van der Waals surface area contributed by atoms with E-state index in [2.05, 4.69) is 10.6 Å². The molecule has 4 amide bonds. The molecule has 3 saturated heterocycles. The molecule has 0 bridgehead atoms. The fourth-order valence-electron chi connectivity index (χ4n) is 4.74. The van der Waals surface area contributed by atoms with Gasteiger partial charge in [-0.25, -0.2) is 0 Å². The number of rotatable bonds is 4. The number of carbonyl (C=O) groups excluding carboxylic acids is 4. The molecule has 29 heavy (non-hydrogen) atoms. The molecule has 0 radical (unpaired) electrons. The van der Waals surface area contributed by atoms with Gasteiger partial charge >= 0.3 is 0 Å². The van der Waals surface area contributed by atoms with Crippen molar-refractivity contribution >= 4 is 35.0 Å². The quantitative estimate of drug-likeness (QED) is 0.715. The van der Waals surface area contributed by atoms with Gasteiger partial charge in [0.05, 0.1) is 12.5 Å². The number of amides is 4. The van der Waals surface area contributed by atoms with Crippen molar-refractivity contribution < 1.29 is 19.2 Å². The number of fused-ring (bicyclic) bond motifs is 2. The van der Waals surface area contributed by atoms with Gasteiger partial charge in [0, 0.05) is 29.9 Å². The van der Waals surface area contributed by atoms with Crippen molar-refractivity contribution in [2.75, 3.05) is 13.1 Å². The van der Waals surface area contributed by atoms with Crippen molar-refractivity contribution in [1.82, 2.24) is 20.4 Å². The molecule has 1 aromatic rings. The first-order chi connectivity index (χ1) is 14.0. The van der Waals surface area contributed by atoms with Gasteiger partial charge in [-0.1, -0.05) is 6.07 Å². The minimum Gasteiger partial charge on any atom is -0.351 e. The van der Waals surface area contributed by atoms with Gasteiger partial charge in [-0.2, -0.15) is 0 Å². The monoisotopic (exact) mass is 416 g/mol. The lowest BCUT2D eigenvalue weighted by Gasteiger charge is -2.29. The summed E-state index contributed by atoms with van der Waals surface area (Å²) in [6.45, 7) is 0.789. The van der Waals surface area contributed by atoms with E-state index in [9.17, 15) is 19.2 Å². The highest BCUT2D eigenvalue weighted by molar-refractivity contribution is 7.10. The van der Waals surface area contributed by atoms with Crippen LogP contribution in [0.4, 0.5) is 0 Å².